The van der Waals surface area contributed by atoms with Crippen LogP contribution in [0.25, 0.3) is 0 Å². The molecule has 94 valence electrons. The summed E-state index contributed by atoms with van der Waals surface area (Å²) in [5.74, 6) is 0.357. The number of benzene rings is 1. The van der Waals surface area contributed by atoms with E-state index in [1.54, 1.807) is 14.0 Å². The molecule has 0 aliphatic carbocycles. The Morgan fingerprint density at radius 2 is 2.00 bits per heavy atom. The van der Waals surface area contributed by atoms with Gasteiger partial charge in [0.15, 0.2) is 0 Å². The average Bonchev–Trinajstić information content (AvgIpc) is 2.36. The monoisotopic (exact) mass is 301 g/mol. The number of carbonyl (C=O) groups excluding carboxylic acids is 1. The molecule has 0 aliphatic heterocycles. The molecule has 1 aromatic rings. The van der Waals surface area contributed by atoms with Crippen LogP contribution in [0.5, 0.6) is 5.75 Å². The minimum absolute atomic E-state index is 0.206. The molecule has 17 heavy (non-hydrogen) atoms. The van der Waals surface area contributed by atoms with Gasteiger partial charge in [0.25, 0.3) is 0 Å². The van der Waals surface area contributed by atoms with Crippen LogP contribution in [0, 0.1) is 0 Å². The molecule has 0 fully saturated rings. The van der Waals surface area contributed by atoms with E-state index in [4.69, 9.17) is 9.47 Å². The van der Waals surface area contributed by atoms with Crippen molar-refractivity contribution in [2.24, 2.45) is 0 Å². The molecular weight excluding hydrogens is 286 g/mol. The molecular formula is C12H16BrNO3. The van der Waals surface area contributed by atoms with E-state index in [0.29, 0.717) is 5.75 Å². The van der Waals surface area contributed by atoms with E-state index in [1.165, 1.54) is 7.11 Å². The second kappa shape index (κ2) is 6.02. The Kier molecular flexibility index (Phi) is 4.96. The van der Waals surface area contributed by atoms with Gasteiger partial charge < -0.3 is 14.8 Å². The third kappa shape index (κ3) is 3.71. The molecule has 1 rings (SSSR count). The molecule has 0 saturated carbocycles. The number of nitrogens with one attached hydrogen (secondary N) is 1. The van der Waals surface area contributed by atoms with Gasteiger partial charge in [-0.2, -0.15) is 0 Å². The molecule has 0 spiro atoms. The first-order valence-corrected chi connectivity index (χ1v) is 5.97. The normalized spacial score (nSPS) is 13.9. The SMILES string of the molecule is CNC(C)(COc1ccc(Br)cc1)C(=O)OC. The molecule has 1 unspecified atom stereocenters. The van der Waals surface area contributed by atoms with Crippen molar-refractivity contribution in [1.29, 1.82) is 0 Å². The van der Waals surface area contributed by atoms with Crippen LogP contribution in [0.4, 0.5) is 0 Å². The standard InChI is InChI=1S/C12H16BrNO3/c1-12(14-2,11(15)16-3)8-17-10-6-4-9(13)5-7-10/h4-7,14H,8H2,1-3H3. The first-order valence-electron chi connectivity index (χ1n) is 5.17. The highest BCUT2D eigenvalue weighted by Crippen LogP contribution is 2.17. The Morgan fingerprint density at radius 1 is 1.41 bits per heavy atom. The van der Waals surface area contributed by atoms with Crippen molar-refractivity contribution in [3.63, 3.8) is 0 Å². The van der Waals surface area contributed by atoms with Crippen molar-refractivity contribution in [3.8, 4) is 5.75 Å². The molecule has 0 radical (unpaired) electrons. The van der Waals surface area contributed by atoms with Gasteiger partial charge in [-0.05, 0) is 38.2 Å². The molecule has 1 atom stereocenters. The second-order valence-corrected chi connectivity index (χ2v) is 4.73. The van der Waals surface area contributed by atoms with E-state index in [-0.39, 0.29) is 12.6 Å². The maximum absolute atomic E-state index is 11.6. The molecule has 0 heterocycles. The highest BCUT2D eigenvalue weighted by atomic mass is 79.9. The topological polar surface area (TPSA) is 47.6 Å². The number of methoxy groups -OCH3 is 1. The van der Waals surface area contributed by atoms with E-state index in [0.717, 1.165) is 4.47 Å². The van der Waals surface area contributed by atoms with Crippen LogP contribution in [0.1, 0.15) is 6.92 Å². The first-order chi connectivity index (χ1) is 8.01. The summed E-state index contributed by atoms with van der Waals surface area (Å²) >= 11 is 3.34. The van der Waals surface area contributed by atoms with E-state index in [9.17, 15) is 4.79 Å². The number of esters is 1. The molecule has 0 amide bonds. The summed E-state index contributed by atoms with van der Waals surface area (Å²) in [6.07, 6.45) is 0. The minimum atomic E-state index is -0.845. The lowest BCUT2D eigenvalue weighted by Crippen LogP contribution is -2.52. The highest BCUT2D eigenvalue weighted by Gasteiger charge is 2.33. The predicted molar refractivity (Wildman–Crippen MR) is 69.1 cm³/mol. The molecule has 0 bridgehead atoms. The van der Waals surface area contributed by atoms with Crippen LogP contribution in [-0.2, 0) is 9.53 Å². The van der Waals surface area contributed by atoms with Gasteiger partial charge >= 0.3 is 5.97 Å². The van der Waals surface area contributed by atoms with Crippen LogP contribution in [0.3, 0.4) is 0 Å². The van der Waals surface area contributed by atoms with Crippen molar-refractivity contribution < 1.29 is 14.3 Å². The van der Waals surface area contributed by atoms with Crippen LogP contribution in [0.15, 0.2) is 28.7 Å². The van der Waals surface area contributed by atoms with Crippen molar-refractivity contribution in [1.82, 2.24) is 5.32 Å². The smallest absolute Gasteiger partial charge is 0.329 e. The van der Waals surface area contributed by atoms with E-state index in [2.05, 4.69) is 21.2 Å². The van der Waals surface area contributed by atoms with Gasteiger partial charge in [0.05, 0.1) is 7.11 Å². The van der Waals surface area contributed by atoms with Gasteiger partial charge in [-0.25, -0.2) is 4.79 Å². The van der Waals surface area contributed by atoms with Gasteiger partial charge in [0.1, 0.15) is 17.9 Å². The maximum atomic E-state index is 11.6. The summed E-state index contributed by atoms with van der Waals surface area (Å²) < 4.78 is 11.3. The number of likely N-dealkylation sites (N-methyl/N-ethyl adjacent to an activating group) is 1. The zero-order chi connectivity index (χ0) is 12.9. The van der Waals surface area contributed by atoms with Crippen molar-refractivity contribution in [3.05, 3.63) is 28.7 Å². The van der Waals surface area contributed by atoms with Crippen molar-refractivity contribution in [2.75, 3.05) is 20.8 Å². The van der Waals surface area contributed by atoms with Crippen LogP contribution in [0.2, 0.25) is 0 Å². The Bertz CT molecular complexity index is 380. The fraction of sp³-hybridized carbons (Fsp3) is 0.417. The highest BCUT2D eigenvalue weighted by molar-refractivity contribution is 9.10. The summed E-state index contributed by atoms with van der Waals surface area (Å²) in [6.45, 7) is 1.94. The summed E-state index contributed by atoms with van der Waals surface area (Å²) in [6, 6.07) is 7.42. The summed E-state index contributed by atoms with van der Waals surface area (Å²) in [5, 5.41) is 2.90. The average molecular weight is 302 g/mol. The van der Waals surface area contributed by atoms with E-state index < -0.39 is 5.54 Å². The van der Waals surface area contributed by atoms with E-state index in [1.807, 2.05) is 24.3 Å². The molecule has 5 heteroatoms. The molecule has 0 aliphatic rings. The Hall–Kier alpha value is -1.07. The lowest BCUT2D eigenvalue weighted by Gasteiger charge is -2.25. The molecule has 4 nitrogen and oxygen atoms in total. The number of carbonyl (C=O) groups is 1. The van der Waals surface area contributed by atoms with Crippen LogP contribution < -0.4 is 10.1 Å². The number of ether oxygens (including phenoxy) is 2. The van der Waals surface area contributed by atoms with Crippen LogP contribution >= 0.6 is 15.9 Å². The molecule has 0 saturated heterocycles. The third-order valence-corrected chi connectivity index (χ3v) is 3.06. The van der Waals surface area contributed by atoms with Gasteiger partial charge in [0.2, 0.25) is 0 Å². The second-order valence-electron chi connectivity index (χ2n) is 3.82. The van der Waals surface area contributed by atoms with Crippen molar-refractivity contribution in [2.45, 2.75) is 12.5 Å². The fourth-order valence-electron chi connectivity index (χ4n) is 1.22. The fourth-order valence-corrected chi connectivity index (χ4v) is 1.48. The third-order valence-electron chi connectivity index (χ3n) is 2.53. The zero-order valence-electron chi connectivity index (χ0n) is 10.1. The minimum Gasteiger partial charge on any atom is -0.491 e. The lowest BCUT2D eigenvalue weighted by atomic mass is 10.1. The lowest BCUT2D eigenvalue weighted by molar-refractivity contribution is -0.148. The van der Waals surface area contributed by atoms with Gasteiger partial charge in [-0.3, -0.25) is 0 Å². The van der Waals surface area contributed by atoms with Gasteiger partial charge in [-0.1, -0.05) is 15.9 Å². The maximum Gasteiger partial charge on any atom is 0.329 e. The quantitative estimate of drug-likeness (QED) is 0.845. The summed E-state index contributed by atoms with van der Waals surface area (Å²) in [4.78, 5) is 11.6. The Morgan fingerprint density at radius 3 is 2.47 bits per heavy atom. The Labute approximate surface area is 109 Å². The summed E-state index contributed by atoms with van der Waals surface area (Å²) in [7, 11) is 3.05. The Balaban J connectivity index is 2.65. The number of rotatable bonds is 5. The van der Waals surface area contributed by atoms with Gasteiger partial charge in [0, 0.05) is 4.47 Å². The van der Waals surface area contributed by atoms with Crippen molar-refractivity contribution >= 4 is 21.9 Å². The van der Waals surface area contributed by atoms with E-state index >= 15 is 0 Å². The molecule has 1 N–H and O–H groups in total. The number of hydrogen-bond donors (Lipinski definition) is 1. The zero-order valence-corrected chi connectivity index (χ0v) is 11.7. The van der Waals surface area contributed by atoms with Crippen LogP contribution in [-0.4, -0.2) is 32.3 Å². The molecule has 0 aromatic heterocycles. The number of hydrogen-bond acceptors (Lipinski definition) is 4. The summed E-state index contributed by atoms with van der Waals surface area (Å²) in [5.41, 5.74) is -0.845. The largest absolute Gasteiger partial charge is 0.491 e. The van der Waals surface area contributed by atoms with Gasteiger partial charge in [-0.15, -0.1) is 0 Å². The molecule has 1 aromatic carbocycles. The number of halogens is 1. The first kappa shape index (κ1) is 14.0. The predicted octanol–water partition coefficient (Wildman–Crippen LogP) is 1.98.